The number of hydrogen-bond acceptors (Lipinski definition) is 8. The van der Waals surface area contributed by atoms with Crippen molar-refractivity contribution in [3.05, 3.63) is 71.1 Å². The van der Waals surface area contributed by atoms with E-state index in [0.29, 0.717) is 47.7 Å². The van der Waals surface area contributed by atoms with Gasteiger partial charge in [-0.15, -0.1) is 0 Å². The van der Waals surface area contributed by atoms with Crippen LogP contribution >= 0.6 is 0 Å². The van der Waals surface area contributed by atoms with Crippen LogP contribution in [0.5, 0.6) is 5.75 Å². The Kier molecular flexibility index (Phi) is 8.05. The molecule has 1 amide bonds. The van der Waals surface area contributed by atoms with Crippen LogP contribution in [0.15, 0.2) is 65.6 Å². The van der Waals surface area contributed by atoms with E-state index in [2.05, 4.69) is 41.2 Å². The van der Waals surface area contributed by atoms with E-state index in [4.69, 9.17) is 14.5 Å². The monoisotopic (exact) mass is 584 g/mol. The van der Waals surface area contributed by atoms with E-state index >= 15 is 0 Å². The first-order chi connectivity index (χ1) is 20.3. The number of aromatic amines is 1. The van der Waals surface area contributed by atoms with Gasteiger partial charge in [0.2, 0.25) is 0 Å². The van der Waals surface area contributed by atoms with E-state index in [1.165, 1.54) is 0 Å². The number of rotatable bonds is 5. The SMILES string of the molecule is COc1cc(N2CCN(C(=O)OC(C)(C)C)C(C(C)(C)C)C2)ccc1Nc1nc(-c2ccccc2)cc2cn[nH]c(=O)c12. The van der Waals surface area contributed by atoms with Gasteiger partial charge in [-0.05, 0) is 44.4 Å². The van der Waals surface area contributed by atoms with Crippen LogP contribution in [0.25, 0.3) is 22.0 Å². The highest BCUT2D eigenvalue weighted by molar-refractivity contribution is 5.95. The number of nitrogens with zero attached hydrogens (tertiary/aromatic N) is 4. The number of carbonyl (C=O) groups excluding carboxylic acids is 1. The minimum Gasteiger partial charge on any atom is -0.494 e. The minimum absolute atomic E-state index is 0.0588. The first-order valence-corrected chi connectivity index (χ1v) is 14.5. The van der Waals surface area contributed by atoms with Crippen molar-refractivity contribution in [2.45, 2.75) is 53.2 Å². The summed E-state index contributed by atoms with van der Waals surface area (Å²) in [7, 11) is 1.62. The molecule has 3 heterocycles. The van der Waals surface area contributed by atoms with Gasteiger partial charge in [0.1, 0.15) is 17.2 Å². The Balaban J connectivity index is 1.45. The smallest absolute Gasteiger partial charge is 0.410 e. The number of H-pyrrole nitrogens is 1. The normalized spacial score (nSPS) is 15.8. The van der Waals surface area contributed by atoms with Crippen molar-refractivity contribution in [1.82, 2.24) is 20.1 Å². The lowest BCUT2D eigenvalue weighted by Gasteiger charge is -2.47. The van der Waals surface area contributed by atoms with Crippen molar-refractivity contribution in [2.24, 2.45) is 5.41 Å². The lowest BCUT2D eigenvalue weighted by atomic mass is 9.84. The van der Waals surface area contributed by atoms with Gasteiger partial charge in [-0.25, -0.2) is 14.9 Å². The molecule has 1 aliphatic heterocycles. The lowest BCUT2D eigenvalue weighted by Crippen LogP contribution is -2.60. The standard InChI is InChI=1S/C33H40N6O4/c1-32(2,3)27-20-38(15-16-39(27)31(41)43-33(4,5)6)23-13-14-24(26(18-23)42-7)35-29-28-22(19-34-37-30(28)40)17-25(36-29)21-11-9-8-10-12-21/h8-14,17-19,27H,15-16,20H2,1-7H3,(H,35,36)(H,37,40). The molecule has 0 bridgehead atoms. The number of hydrogen-bond donors (Lipinski definition) is 2. The average molecular weight is 585 g/mol. The second-order valence-corrected chi connectivity index (χ2v) is 12.9. The molecule has 43 heavy (non-hydrogen) atoms. The summed E-state index contributed by atoms with van der Waals surface area (Å²) < 4.78 is 11.5. The summed E-state index contributed by atoms with van der Waals surface area (Å²) in [6.45, 7) is 13.9. The molecule has 1 unspecified atom stereocenters. The maximum atomic E-state index is 13.1. The molecule has 0 radical (unpaired) electrons. The van der Waals surface area contributed by atoms with Crippen molar-refractivity contribution >= 4 is 34.1 Å². The topological polar surface area (TPSA) is 113 Å². The van der Waals surface area contributed by atoms with Gasteiger partial charge in [0, 0.05) is 42.3 Å². The van der Waals surface area contributed by atoms with E-state index in [1.54, 1.807) is 13.3 Å². The Morgan fingerprint density at radius 3 is 2.44 bits per heavy atom. The number of benzene rings is 2. The van der Waals surface area contributed by atoms with Gasteiger partial charge in [-0.3, -0.25) is 4.79 Å². The minimum atomic E-state index is -0.560. The predicted octanol–water partition coefficient (Wildman–Crippen LogP) is 6.21. The number of amides is 1. The van der Waals surface area contributed by atoms with Crippen LogP contribution < -0.4 is 20.5 Å². The van der Waals surface area contributed by atoms with Gasteiger partial charge in [0.25, 0.3) is 5.56 Å². The van der Waals surface area contributed by atoms with E-state index in [9.17, 15) is 9.59 Å². The highest BCUT2D eigenvalue weighted by atomic mass is 16.6. The Labute approximate surface area is 252 Å². The van der Waals surface area contributed by atoms with Crippen LogP contribution in [0.4, 0.5) is 22.0 Å². The van der Waals surface area contributed by atoms with Crippen molar-refractivity contribution in [1.29, 1.82) is 0 Å². The number of fused-ring (bicyclic) bond motifs is 1. The third-order valence-corrected chi connectivity index (χ3v) is 7.53. The number of ether oxygens (including phenoxy) is 2. The fourth-order valence-electron chi connectivity index (χ4n) is 5.37. The number of aromatic nitrogens is 3. The molecule has 226 valence electrons. The Morgan fingerprint density at radius 2 is 1.77 bits per heavy atom. The Morgan fingerprint density at radius 1 is 1.02 bits per heavy atom. The maximum absolute atomic E-state index is 13.1. The number of carbonyl (C=O) groups is 1. The molecule has 1 aliphatic rings. The molecule has 1 fully saturated rings. The molecule has 0 saturated carbocycles. The maximum Gasteiger partial charge on any atom is 0.410 e. The van der Waals surface area contributed by atoms with E-state index in [1.807, 2.05) is 80.3 Å². The molecule has 0 aliphatic carbocycles. The summed E-state index contributed by atoms with van der Waals surface area (Å²) in [5.74, 6) is 1.01. The molecule has 1 atom stereocenters. The summed E-state index contributed by atoms with van der Waals surface area (Å²) in [5.41, 5.74) is 2.22. The third-order valence-electron chi connectivity index (χ3n) is 7.53. The van der Waals surface area contributed by atoms with Crippen LogP contribution in [0.2, 0.25) is 0 Å². The van der Waals surface area contributed by atoms with Gasteiger partial charge in [0.05, 0.1) is 36.1 Å². The molecule has 5 rings (SSSR count). The van der Waals surface area contributed by atoms with Gasteiger partial charge in [0.15, 0.2) is 0 Å². The van der Waals surface area contributed by atoms with Crippen molar-refractivity contribution < 1.29 is 14.3 Å². The number of anilines is 3. The molecule has 1 saturated heterocycles. The summed E-state index contributed by atoms with van der Waals surface area (Å²) >= 11 is 0. The molecule has 0 spiro atoms. The molecular formula is C33H40N6O4. The van der Waals surface area contributed by atoms with E-state index in [0.717, 1.165) is 16.9 Å². The molecule has 2 N–H and O–H groups in total. The van der Waals surface area contributed by atoms with Crippen LogP contribution in [0.1, 0.15) is 41.5 Å². The van der Waals surface area contributed by atoms with Crippen molar-refractivity contribution in [3.8, 4) is 17.0 Å². The first kappa shape index (κ1) is 29.9. The summed E-state index contributed by atoms with van der Waals surface area (Å²) in [4.78, 5) is 34.9. The average Bonchev–Trinajstić information content (AvgIpc) is 2.96. The summed E-state index contributed by atoms with van der Waals surface area (Å²) in [5, 5.41) is 10.9. The largest absolute Gasteiger partial charge is 0.494 e. The summed E-state index contributed by atoms with van der Waals surface area (Å²) in [6, 6.07) is 17.5. The molecule has 10 heteroatoms. The van der Waals surface area contributed by atoms with Gasteiger partial charge in [-0.1, -0.05) is 51.1 Å². The van der Waals surface area contributed by atoms with Crippen LogP contribution in [0, 0.1) is 5.41 Å². The Bertz CT molecular complexity index is 1670. The lowest BCUT2D eigenvalue weighted by molar-refractivity contribution is -0.000636. The van der Waals surface area contributed by atoms with Crippen LogP contribution in [-0.4, -0.2) is 64.6 Å². The number of piperazine rings is 1. The highest BCUT2D eigenvalue weighted by Crippen LogP contribution is 2.36. The predicted molar refractivity (Wildman–Crippen MR) is 170 cm³/mol. The molecule has 10 nitrogen and oxygen atoms in total. The van der Waals surface area contributed by atoms with Gasteiger partial charge >= 0.3 is 6.09 Å². The van der Waals surface area contributed by atoms with E-state index in [-0.39, 0.29) is 23.1 Å². The zero-order chi connectivity index (χ0) is 30.9. The van der Waals surface area contributed by atoms with E-state index < -0.39 is 5.60 Å². The quantitative estimate of drug-likeness (QED) is 0.285. The molecule has 2 aromatic heterocycles. The van der Waals surface area contributed by atoms with Crippen molar-refractivity contribution in [3.63, 3.8) is 0 Å². The third kappa shape index (κ3) is 6.58. The second-order valence-electron chi connectivity index (χ2n) is 12.9. The van der Waals surface area contributed by atoms with Gasteiger partial charge < -0.3 is 24.6 Å². The number of nitrogens with one attached hydrogen (secondary N) is 2. The zero-order valence-corrected chi connectivity index (χ0v) is 25.9. The summed E-state index contributed by atoms with van der Waals surface area (Å²) in [6.07, 6.45) is 1.34. The zero-order valence-electron chi connectivity index (χ0n) is 25.9. The van der Waals surface area contributed by atoms with Crippen LogP contribution in [-0.2, 0) is 4.74 Å². The fourth-order valence-corrected chi connectivity index (χ4v) is 5.37. The molecular weight excluding hydrogens is 544 g/mol. The fraction of sp³-hybridized carbons (Fsp3) is 0.394. The molecule has 2 aromatic carbocycles. The second kappa shape index (κ2) is 11.6. The van der Waals surface area contributed by atoms with Crippen molar-refractivity contribution in [2.75, 3.05) is 37.0 Å². The Hall–Kier alpha value is -4.60. The number of methoxy groups -OCH3 is 1. The number of pyridine rings is 1. The first-order valence-electron chi connectivity index (χ1n) is 14.5. The van der Waals surface area contributed by atoms with Gasteiger partial charge in [-0.2, -0.15) is 5.10 Å². The van der Waals surface area contributed by atoms with Crippen LogP contribution in [0.3, 0.4) is 0 Å². The molecule has 4 aromatic rings. The highest BCUT2D eigenvalue weighted by Gasteiger charge is 2.40.